The fourth-order valence-corrected chi connectivity index (χ4v) is 1.45. The molecule has 14 heavy (non-hydrogen) atoms. The number of hydrogen-bond donors (Lipinski definition) is 1. The van der Waals surface area contributed by atoms with Crippen LogP contribution in [0.4, 0.5) is 0 Å². The molecule has 0 unspecified atom stereocenters. The van der Waals surface area contributed by atoms with E-state index in [1.54, 1.807) is 10.9 Å². The lowest BCUT2D eigenvalue weighted by atomic mass is 10.1. The summed E-state index contributed by atoms with van der Waals surface area (Å²) in [4.78, 5) is 0. The average molecular weight is 192 g/mol. The van der Waals surface area contributed by atoms with Gasteiger partial charge in [-0.1, -0.05) is 5.16 Å². The predicted molar refractivity (Wildman–Crippen MR) is 51.3 cm³/mol. The highest BCUT2D eigenvalue weighted by atomic mass is 16.5. The van der Waals surface area contributed by atoms with Crippen LogP contribution in [0.2, 0.25) is 0 Å². The molecule has 0 amide bonds. The van der Waals surface area contributed by atoms with Crippen molar-refractivity contribution in [2.75, 3.05) is 0 Å². The smallest absolute Gasteiger partial charge is 0.174 e. The minimum atomic E-state index is 0.424. The van der Waals surface area contributed by atoms with E-state index < -0.39 is 0 Å². The minimum absolute atomic E-state index is 0.424. The van der Waals surface area contributed by atoms with Crippen LogP contribution in [0.5, 0.6) is 0 Å². The number of rotatable bonds is 2. The van der Waals surface area contributed by atoms with E-state index in [0.29, 0.717) is 6.54 Å². The Morgan fingerprint density at radius 1 is 1.57 bits per heavy atom. The van der Waals surface area contributed by atoms with Gasteiger partial charge in [0.25, 0.3) is 0 Å². The Morgan fingerprint density at radius 2 is 2.36 bits per heavy atom. The maximum atomic E-state index is 5.56. The van der Waals surface area contributed by atoms with Crippen molar-refractivity contribution in [3.8, 4) is 11.3 Å². The summed E-state index contributed by atoms with van der Waals surface area (Å²) in [5, 5.41) is 7.96. The van der Waals surface area contributed by atoms with E-state index in [2.05, 4.69) is 10.3 Å². The van der Waals surface area contributed by atoms with Gasteiger partial charge in [-0.05, 0) is 6.92 Å². The van der Waals surface area contributed by atoms with Gasteiger partial charge in [0.1, 0.15) is 0 Å². The molecule has 0 aliphatic heterocycles. The molecule has 0 atom stereocenters. The number of nitrogens with zero attached hydrogens (tertiary/aromatic N) is 3. The molecule has 0 aromatic carbocycles. The summed E-state index contributed by atoms with van der Waals surface area (Å²) >= 11 is 0. The number of aryl methyl sites for hydroxylation is 2. The Hall–Kier alpha value is -1.62. The first-order valence-electron chi connectivity index (χ1n) is 4.36. The second-order valence-electron chi connectivity index (χ2n) is 3.19. The van der Waals surface area contributed by atoms with E-state index in [0.717, 1.165) is 22.6 Å². The lowest BCUT2D eigenvalue weighted by Gasteiger charge is -1.94. The van der Waals surface area contributed by atoms with Crippen molar-refractivity contribution in [1.29, 1.82) is 0 Å². The molecule has 5 nitrogen and oxygen atoms in total. The van der Waals surface area contributed by atoms with Crippen LogP contribution in [0.3, 0.4) is 0 Å². The van der Waals surface area contributed by atoms with Crippen molar-refractivity contribution in [3.05, 3.63) is 23.7 Å². The Bertz CT molecular complexity index is 443. The van der Waals surface area contributed by atoms with Gasteiger partial charge in [0.2, 0.25) is 0 Å². The number of aromatic nitrogens is 3. The fourth-order valence-electron chi connectivity index (χ4n) is 1.45. The van der Waals surface area contributed by atoms with Crippen molar-refractivity contribution in [3.63, 3.8) is 0 Å². The van der Waals surface area contributed by atoms with E-state index in [4.69, 9.17) is 10.3 Å². The lowest BCUT2D eigenvalue weighted by molar-refractivity contribution is 0.431. The summed E-state index contributed by atoms with van der Waals surface area (Å²) in [7, 11) is 1.87. The van der Waals surface area contributed by atoms with Gasteiger partial charge in [-0.25, -0.2) is 0 Å². The highest BCUT2D eigenvalue weighted by Crippen LogP contribution is 2.25. The van der Waals surface area contributed by atoms with Gasteiger partial charge < -0.3 is 10.3 Å². The summed E-state index contributed by atoms with van der Waals surface area (Å²) in [6, 6.07) is 0. The van der Waals surface area contributed by atoms with E-state index >= 15 is 0 Å². The molecular weight excluding hydrogens is 180 g/mol. The SMILES string of the molecule is Cc1nn(C)cc1-c1oncc1CN. The molecule has 0 spiro atoms. The molecule has 0 aliphatic rings. The molecule has 74 valence electrons. The zero-order valence-corrected chi connectivity index (χ0v) is 8.19. The molecule has 2 heterocycles. The first-order valence-corrected chi connectivity index (χ1v) is 4.36. The van der Waals surface area contributed by atoms with Gasteiger partial charge in [0.15, 0.2) is 5.76 Å². The Morgan fingerprint density at radius 3 is 2.93 bits per heavy atom. The molecule has 0 saturated carbocycles. The zero-order chi connectivity index (χ0) is 10.1. The Balaban J connectivity index is 2.53. The van der Waals surface area contributed by atoms with Gasteiger partial charge in [-0.3, -0.25) is 4.68 Å². The van der Waals surface area contributed by atoms with Crippen molar-refractivity contribution in [2.24, 2.45) is 12.8 Å². The van der Waals surface area contributed by atoms with E-state index in [-0.39, 0.29) is 0 Å². The lowest BCUT2D eigenvalue weighted by Crippen LogP contribution is -1.95. The predicted octanol–water partition coefficient (Wildman–Crippen LogP) is 0.842. The highest BCUT2D eigenvalue weighted by Gasteiger charge is 2.14. The molecule has 0 saturated heterocycles. The first kappa shape index (κ1) is 8.96. The Labute approximate surface area is 81.5 Å². The van der Waals surface area contributed by atoms with Crippen LogP contribution in [0.15, 0.2) is 16.9 Å². The van der Waals surface area contributed by atoms with Crippen LogP contribution in [0.1, 0.15) is 11.3 Å². The third-order valence-corrected chi connectivity index (χ3v) is 2.12. The summed E-state index contributed by atoms with van der Waals surface area (Å²) in [5.41, 5.74) is 8.33. The van der Waals surface area contributed by atoms with Crippen LogP contribution >= 0.6 is 0 Å². The van der Waals surface area contributed by atoms with Crippen LogP contribution in [0.25, 0.3) is 11.3 Å². The van der Waals surface area contributed by atoms with Crippen molar-refractivity contribution in [1.82, 2.24) is 14.9 Å². The van der Waals surface area contributed by atoms with E-state index in [9.17, 15) is 0 Å². The van der Waals surface area contributed by atoms with Crippen LogP contribution in [-0.4, -0.2) is 14.9 Å². The topological polar surface area (TPSA) is 69.9 Å². The molecule has 5 heteroatoms. The van der Waals surface area contributed by atoms with Gasteiger partial charge in [-0.15, -0.1) is 0 Å². The third-order valence-electron chi connectivity index (χ3n) is 2.12. The van der Waals surface area contributed by atoms with Gasteiger partial charge in [-0.2, -0.15) is 5.10 Å². The molecule has 2 aromatic rings. The molecule has 2 N–H and O–H groups in total. The maximum Gasteiger partial charge on any atom is 0.174 e. The van der Waals surface area contributed by atoms with E-state index in [1.165, 1.54) is 0 Å². The summed E-state index contributed by atoms with van der Waals surface area (Å²) in [6.45, 7) is 2.35. The van der Waals surface area contributed by atoms with Gasteiger partial charge in [0, 0.05) is 25.4 Å². The molecular formula is C9H12N4O. The molecule has 0 aliphatic carbocycles. The monoisotopic (exact) mass is 192 g/mol. The number of hydrogen-bond acceptors (Lipinski definition) is 4. The molecule has 0 fully saturated rings. The summed E-state index contributed by atoms with van der Waals surface area (Å²) in [6.07, 6.45) is 3.54. The average Bonchev–Trinajstić information content (AvgIpc) is 2.71. The van der Waals surface area contributed by atoms with Crippen molar-refractivity contribution < 1.29 is 4.52 Å². The first-order chi connectivity index (χ1) is 6.72. The Kier molecular flexibility index (Phi) is 2.09. The minimum Gasteiger partial charge on any atom is -0.356 e. The highest BCUT2D eigenvalue weighted by molar-refractivity contribution is 5.62. The maximum absolute atomic E-state index is 5.56. The fraction of sp³-hybridized carbons (Fsp3) is 0.333. The van der Waals surface area contributed by atoms with Crippen molar-refractivity contribution in [2.45, 2.75) is 13.5 Å². The van der Waals surface area contributed by atoms with Crippen molar-refractivity contribution >= 4 is 0 Å². The normalized spacial score (nSPS) is 10.8. The summed E-state index contributed by atoms with van der Waals surface area (Å²) in [5.74, 6) is 0.720. The van der Waals surface area contributed by atoms with E-state index in [1.807, 2.05) is 20.2 Å². The zero-order valence-electron chi connectivity index (χ0n) is 8.19. The largest absolute Gasteiger partial charge is 0.356 e. The molecule has 2 aromatic heterocycles. The van der Waals surface area contributed by atoms with Crippen LogP contribution < -0.4 is 5.73 Å². The quantitative estimate of drug-likeness (QED) is 0.765. The molecule has 0 radical (unpaired) electrons. The van der Waals surface area contributed by atoms with Gasteiger partial charge in [0.05, 0.1) is 17.5 Å². The van der Waals surface area contributed by atoms with Crippen LogP contribution in [-0.2, 0) is 13.6 Å². The number of nitrogens with two attached hydrogens (primary N) is 1. The third kappa shape index (κ3) is 1.31. The summed E-state index contributed by atoms with van der Waals surface area (Å²) < 4.78 is 6.90. The molecule has 2 rings (SSSR count). The van der Waals surface area contributed by atoms with Crippen LogP contribution in [0, 0.1) is 6.92 Å². The van der Waals surface area contributed by atoms with Gasteiger partial charge >= 0.3 is 0 Å². The second-order valence-corrected chi connectivity index (χ2v) is 3.19. The standard InChI is InChI=1S/C9H12N4O/c1-6-8(5-13(2)12-6)9-7(3-10)4-11-14-9/h4-5H,3,10H2,1-2H3. The second kappa shape index (κ2) is 3.26. The molecule has 0 bridgehead atoms.